The number of ether oxygens (including phenoxy) is 1. The Morgan fingerprint density at radius 3 is 2.10 bits per heavy atom. The van der Waals surface area contributed by atoms with E-state index < -0.39 is 31.9 Å². The number of benzene rings is 2. The summed E-state index contributed by atoms with van der Waals surface area (Å²) >= 11 is 12.3. The fourth-order valence-corrected chi connectivity index (χ4v) is 9.32. The maximum atomic E-state index is 9.19. The van der Waals surface area contributed by atoms with E-state index in [0.29, 0.717) is 6.61 Å². The standard InChI is InChI=1S/C22H27Cl2N3O2Si/c1-22(2,3)30(16-10-6-4-7-11-16,17-12-8-5-9-13-17)29-19-15-28-21(18(24)14-23)20(19)26-27-25/h4-13,18-21H,14-15H2,1-3H3/t18-,19+,20-,21-/m1/s1. The molecule has 8 heteroatoms. The van der Waals surface area contributed by atoms with Crippen LogP contribution in [0.1, 0.15) is 20.8 Å². The molecule has 0 saturated carbocycles. The molecule has 0 aromatic heterocycles. The van der Waals surface area contributed by atoms with Gasteiger partial charge in [-0.05, 0) is 20.9 Å². The summed E-state index contributed by atoms with van der Waals surface area (Å²) in [6, 6.07) is 20.1. The highest BCUT2D eigenvalue weighted by molar-refractivity contribution is 6.99. The number of hydrogen-bond acceptors (Lipinski definition) is 3. The lowest BCUT2D eigenvalue weighted by molar-refractivity contribution is 0.0913. The molecule has 0 bridgehead atoms. The summed E-state index contributed by atoms with van der Waals surface area (Å²) in [5.74, 6) is 0.204. The van der Waals surface area contributed by atoms with Crippen molar-refractivity contribution in [3.8, 4) is 0 Å². The molecule has 3 rings (SSSR count). The summed E-state index contributed by atoms with van der Waals surface area (Å²) in [5.41, 5.74) is 9.19. The third-order valence-corrected chi connectivity index (χ3v) is 11.6. The van der Waals surface area contributed by atoms with Crippen LogP contribution in [0.25, 0.3) is 10.4 Å². The van der Waals surface area contributed by atoms with Gasteiger partial charge in [-0.25, -0.2) is 0 Å². The number of rotatable bonds is 7. The van der Waals surface area contributed by atoms with Crippen LogP contribution in [0.5, 0.6) is 0 Å². The van der Waals surface area contributed by atoms with Crippen LogP contribution >= 0.6 is 23.2 Å². The highest BCUT2D eigenvalue weighted by Crippen LogP contribution is 2.39. The largest absolute Gasteiger partial charge is 0.402 e. The first kappa shape index (κ1) is 23.1. The zero-order chi connectivity index (χ0) is 21.8. The Labute approximate surface area is 189 Å². The third-order valence-electron chi connectivity index (χ3n) is 5.60. The van der Waals surface area contributed by atoms with Crippen molar-refractivity contribution in [2.24, 2.45) is 5.11 Å². The molecule has 2 aromatic carbocycles. The van der Waals surface area contributed by atoms with Gasteiger partial charge in [0.25, 0.3) is 8.32 Å². The van der Waals surface area contributed by atoms with Crippen molar-refractivity contribution < 1.29 is 9.16 Å². The Hall–Kier alpha value is -1.53. The van der Waals surface area contributed by atoms with Gasteiger partial charge >= 0.3 is 0 Å². The molecule has 1 fully saturated rings. The van der Waals surface area contributed by atoms with E-state index in [1.807, 2.05) is 36.4 Å². The van der Waals surface area contributed by atoms with Crippen molar-refractivity contribution in [3.63, 3.8) is 0 Å². The number of hydrogen-bond donors (Lipinski definition) is 0. The summed E-state index contributed by atoms with van der Waals surface area (Å²) in [6.45, 7) is 6.92. The van der Waals surface area contributed by atoms with Gasteiger partial charge in [0.2, 0.25) is 0 Å². The van der Waals surface area contributed by atoms with Crippen LogP contribution < -0.4 is 10.4 Å². The summed E-state index contributed by atoms with van der Waals surface area (Å²) in [5, 5.41) is 5.68. The molecule has 0 aliphatic carbocycles. The fourth-order valence-electron chi connectivity index (χ4n) is 4.24. The molecule has 0 unspecified atom stereocenters. The second-order valence-electron chi connectivity index (χ2n) is 8.48. The molecule has 5 nitrogen and oxygen atoms in total. The van der Waals surface area contributed by atoms with E-state index in [-0.39, 0.29) is 10.9 Å². The monoisotopic (exact) mass is 463 g/mol. The van der Waals surface area contributed by atoms with E-state index in [1.54, 1.807) is 0 Å². The van der Waals surface area contributed by atoms with Crippen molar-refractivity contribution in [2.75, 3.05) is 12.5 Å². The van der Waals surface area contributed by atoms with Crippen LogP contribution in [-0.4, -0.2) is 44.4 Å². The summed E-state index contributed by atoms with van der Waals surface area (Å²) < 4.78 is 13.0. The van der Waals surface area contributed by atoms with E-state index in [1.165, 1.54) is 0 Å². The number of halogens is 2. The minimum absolute atomic E-state index is 0.193. The zero-order valence-electron chi connectivity index (χ0n) is 17.4. The lowest BCUT2D eigenvalue weighted by Crippen LogP contribution is -2.68. The van der Waals surface area contributed by atoms with E-state index in [4.69, 9.17) is 32.4 Å². The molecule has 30 heavy (non-hydrogen) atoms. The average Bonchev–Trinajstić information content (AvgIpc) is 3.14. The molecule has 1 heterocycles. The Morgan fingerprint density at radius 2 is 1.67 bits per heavy atom. The molecular formula is C22H27Cl2N3O2Si. The first-order valence-electron chi connectivity index (χ1n) is 10.00. The van der Waals surface area contributed by atoms with Crippen molar-refractivity contribution >= 4 is 41.9 Å². The van der Waals surface area contributed by atoms with E-state index in [9.17, 15) is 5.53 Å². The van der Waals surface area contributed by atoms with Gasteiger partial charge in [0.1, 0.15) is 0 Å². The molecule has 0 radical (unpaired) electrons. The Balaban J connectivity index is 2.13. The van der Waals surface area contributed by atoms with Crippen molar-refractivity contribution in [1.82, 2.24) is 0 Å². The van der Waals surface area contributed by atoms with Gasteiger partial charge in [-0.1, -0.05) is 86.5 Å². The number of alkyl halides is 2. The normalized spacial score (nSPS) is 23.0. The first-order valence-corrected chi connectivity index (χ1v) is 12.9. The molecule has 2 aromatic rings. The molecule has 160 valence electrons. The topological polar surface area (TPSA) is 67.2 Å². The molecule has 4 atom stereocenters. The second-order valence-corrected chi connectivity index (χ2v) is 13.6. The lowest BCUT2D eigenvalue weighted by Gasteiger charge is -2.45. The first-order chi connectivity index (χ1) is 14.3. The Morgan fingerprint density at radius 1 is 1.13 bits per heavy atom. The Kier molecular flexibility index (Phi) is 7.50. The van der Waals surface area contributed by atoms with Gasteiger partial charge in [-0.2, -0.15) is 0 Å². The minimum Gasteiger partial charge on any atom is -0.402 e. The highest BCUT2D eigenvalue weighted by Gasteiger charge is 2.54. The fraction of sp³-hybridized carbons (Fsp3) is 0.455. The molecule has 1 aliphatic heterocycles. The van der Waals surface area contributed by atoms with Gasteiger partial charge in [-0.15, -0.1) is 23.2 Å². The second kappa shape index (κ2) is 9.73. The average molecular weight is 464 g/mol. The van der Waals surface area contributed by atoms with Gasteiger partial charge in [0, 0.05) is 10.8 Å². The van der Waals surface area contributed by atoms with E-state index >= 15 is 0 Å². The molecular weight excluding hydrogens is 437 g/mol. The van der Waals surface area contributed by atoms with Crippen molar-refractivity contribution in [1.29, 1.82) is 0 Å². The van der Waals surface area contributed by atoms with Crippen LogP contribution in [0.2, 0.25) is 5.04 Å². The maximum absolute atomic E-state index is 9.19. The van der Waals surface area contributed by atoms with Crippen LogP contribution in [0, 0.1) is 0 Å². The van der Waals surface area contributed by atoms with Crippen LogP contribution in [-0.2, 0) is 9.16 Å². The maximum Gasteiger partial charge on any atom is 0.261 e. The van der Waals surface area contributed by atoms with Crippen LogP contribution in [0.4, 0.5) is 0 Å². The SMILES string of the molecule is CC(C)(C)[Si](O[C@H]1CO[C@H]([C@H](Cl)CCl)[C@@H]1N=[N+]=[N-])(c1ccccc1)c1ccccc1. The van der Waals surface area contributed by atoms with Gasteiger partial charge in [0.15, 0.2) is 0 Å². The molecule has 0 spiro atoms. The van der Waals surface area contributed by atoms with Gasteiger partial charge in [-0.3, -0.25) is 0 Å². The minimum atomic E-state index is -2.80. The van der Waals surface area contributed by atoms with Gasteiger partial charge < -0.3 is 9.16 Å². The third kappa shape index (κ3) is 4.40. The van der Waals surface area contributed by atoms with Crippen LogP contribution in [0.3, 0.4) is 0 Å². The predicted molar refractivity (Wildman–Crippen MR) is 126 cm³/mol. The lowest BCUT2D eigenvalue weighted by atomic mass is 10.1. The Bertz CT molecular complexity index is 833. The highest BCUT2D eigenvalue weighted by atomic mass is 35.5. The molecule has 1 saturated heterocycles. The quantitative estimate of drug-likeness (QED) is 0.193. The zero-order valence-corrected chi connectivity index (χ0v) is 19.9. The van der Waals surface area contributed by atoms with Crippen LogP contribution in [0.15, 0.2) is 65.8 Å². The van der Waals surface area contributed by atoms with E-state index in [2.05, 4.69) is 55.1 Å². The molecule has 0 N–H and O–H groups in total. The van der Waals surface area contributed by atoms with E-state index in [0.717, 1.165) is 10.4 Å². The summed E-state index contributed by atoms with van der Waals surface area (Å²) in [7, 11) is -2.80. The van der Waals surface area contributed by atoms with Crippen molar-refractivity contribution in [2.45, 2.75) is 49.4 Å². The number of azide groups is 1. The summed E-state index contributed by atoms with van der Waals surface area (Å²) in [4.78, 5) is 3.05. The number of nitrogens with zero attached hydrogens (tertiary/aromatic N) is 3. The molecule has 1 aliphatic rings. The smallest absolute Gasteiger partial charge is 0.261 e. The van der Waals surface area contributed by atoms with Gasteiger partial charge in [0.05, 0.1) is 30.2 Å². The predicted octanol–water partition coefficient (Wildman–Crippen LogP) is 4.86. The molecule has 0 amide bonds. The summed E-state index contributed by atoms with van der Waals surface area (Å²) in [6.07, 6.45) is -0.898. The van der Waals surface area contributed by atoms with Crippen molar-refractivity contribution in [3.05, 3.63) is 71.1 Å².